The molecule has 8 heteroatoms. The zero-order valence-electron chi connectivity index (χ0n) is 16.7. The van der Waals surface area contributed by atoms with Gasteiger partial charge in [-0.15, -0.1) is 0 Å². The molecule has 4 rings (SSSR count). The number of carbonyl (C=O) groups excluding carboxylic acids is 1. The van der Waals surface area contributed by atoms with Gasteiger partial charge in [0.1, 0.15) is 0 Å². The summed E-state index contributed by atoms with van der Waals surface area (Å²) in [6.07, 6.45) is 3.23. The maximum atomic E-state index is 12.2. The summed E-state index contributed by atoms with van der Waals surface area (Å²) in [6, 6.07) is 15.4. The largest absolute Gasteiger partial charge is 0.368 e. The van der Waals surface area contributed by atoms with Crippen molar-refractivity contribution in [3.05, 3.63) is 71.5 Å². The van der Waals surface area contributed by atoms with Gasteiger partial charge in [-0.3, -0.25) is 0 Å². The number of piperazine rings is 1. The van der Waals surface area contributed by atoms with Crippen molar-refractivity contribution in [1.82, 2.24) is 9.97 Å². The number of benzene rings is 2. The number of para-hydroxylation sites is 1. The number of carbonyl (C=O) groups is 1. The second-order valence-corrected chi connectivity index (χ2v) is 7.55. The fraction of sp³-hybridized carbons (Fsp3) is 0.227. The third-order valence-electron chi connectivity index (χ3n) is 4.95. The average molecular weight is 423 g/mol. The number of halogens is 1. The Kier molecular flexibility index (Phi) is 5.99. The van der Waals surface area contributed by atoms with Gasteiger partial charge < -0.3 is 20.4 Å². The minimum absolute atomic E-state index is 0.395. The van der Waals surface area contributed by atoms with Gasteiger partial charge in [0.05, 0.1) is 28.8 Å². The number of urea groups is 1. The van der Waals surface area contributed by atoms with Gasteiger partial charge in [-0.05, 0) is 36.8 Å². The lowest BCUT2D eigenvalue weighted by molar-refractivity contribution is 0.262. The zero-order chi connectivity index (χ0) is 20.9. The third kappa shape index (κ3) is 4.80. The molecule has 3 aromatic rings. The first-order valence-corrected chi connectivity index (χ1v) is 10.2. The van der Waals surface area contributed by atoms with Crippen LogP contribution in [0.15, 0.2) is 60.9 Å². The van der Waals surface area contributed by atoms with E-state index in [0.29, 0.717) is 22.3 Å². The van der Waals surface area contributed by atoms with E-state index in [0.717, 1.165) is 31.7 Å². The van der Waals surface area contributed by atoms with E-state index in [-0.39, 0.29) is 0 Å². The van der Waals surface area contributed by atoms with E-state index < -0.39 is 6.03 Å². The van der Waals surface area contributed by atoms with Crippen LogP contribution < -0.4 is 20.4 Å². The van der Waals surface area contributed by atoms with Crippen molar-refractivity contribution in [1.29, 1.82) is 0 Å². The molecule has 0 aliphatic carbocycles. The van der Waals surface area contributed by atoms with Crippen LogP contribution in [0, 0.1) is 6.92 Å². The van der Waals surface area contributed by atoms with Gasteiger partial charge in [-0.1, -0.05) is 35.9 Å². The van der Waals surface area contributed by atoms with Crippen LogP contribution in [0.4, 0.5) is 27.8 Å². The normalized spacial score (nSPS) is 13.8. The number of anilines is 4. The molecule has 2 aromatic carbocycles. The van der Waals surface area contributed by atoms with Crippen LogP contribution in [0.3, 0.4) is 0 Å². The zero-order valence-corrected chi connectivity index (χ0v) is 17.4. The highest BCUT2D eigenvalue weighted by atomic mass is 35.5. The van der Waals surface area contributed by atoms with E-state index in [1.165, 1.54) is 5.69 Å². The van der Waals surface area contributed by atoms with E-state index in [2.05, 4.69) is 54.7 Å². The SMILES string of the molecule is Cc1ccc(NC(=O)Nc2cnc(N3CCN(c4ccccc4)CC3)nc2)c(Cl)c1. The molecule has 0 atom stereocenters. The maximum absolute atomic E-state index is 12.2. The number of rotatable bonds is 4. The molecule has 2 amide bonds. The van der Waals surface area contributed by atoms with Crippen molar-refractivity contribution >= 4 is 40.6 Å². The molecule has 2 heterocycles. The molecule has 0 unspecified atom stereocenters. The first kappa shape index (κ1) is 20.0. The summed E-state index contributed by atoms with van der Waals surface area (Å²) in [7, 11) is 0. The van der Waals surface area contributed by atoms with Crippen LogP contribution in [-0.2, 0) is 0 Å². The summed E-state index contributed by atoms with van der Waals surface area (Å²) in [5, 5.41) is 5.95. The van der Waals surface area contributed by atoms with Gasteiger partial charge >= 0.3 is 6.03 Å². The Morgan fingerprint density at radius 3 is 2.27 bits per heavy atom. The Bertz CT molecular complexity index is 1000. The fourth-order valence-electron chi connectivity index (χ4n) is 3.36. The standard InChI is InChI=1S/C22H23ClN6O/c1-16-7-8-20(19(23)13-16)27-22(30)26-17-14-24-21(25-15-17)29-11-9-28(10-12-29)18-5-3-2-4-6-18/h2-8,13-15H,9-12H2,1H3,(H2,26,27,30). The molecule has 1 fully saturated rings. The number of aromatic nitrogens is 2. The molecule has 1 saturated heterocycles. The molecule has 0 bridgehead atoms. The van der Waals surface area contributed by atoms with Crippen LogP contribution in [0.1, 0.15) is 5.56 Å². The van der Waals surface area contributed by atoms with E-state index >= 15 is 0 Å². The van der Waals surface area contributed by atoms with Crippen LogP contribution in [-0.4, -0.2) is 42.2 Å². The topological polar surface area (TPSA) is 73.4 Å². The quantitative estimate of drug-likeness (QED) is 0.651. The van der Waals surface area contributed by atoms with Gasteiger partial charge in [0.25, 0.3) is 0 Å². The first-order valence-electron chi connectivity index (χ1n) is 9.79. The lowest BCUT2D eigenvalue weighted by Crippen LogP contribution is -2.47. The molecular formula is C22H23ClN6O. The fourth-order valence-corrected chi connectivity index (χ4v) is 3.64. The first-order chi connectivity index (χ1) is 14.6. The molecule has 0 spiro atoms. The monoisotopic (exact) mass is 422 g/mol. The van der Waals surface area contributed by atoms with Crippen molar-refractivity contribution in [2.24, 2.45) is 0 Å². The van der Waals surface area contributed by atoms with Crippen LogP contribution in [0.25, 0.3) is 0 Å². The third-order valence-corrected chi connectivity index (χ3v) is 5.27. The Morgan fingerprint density at radius 2 is 1.60 bits per heavy atom. The number of hydrogen-bond donors (Lipinski definition) is 2. The van der Waals surface area contributed by atoms with Gasteiger partial charge in [0.2, 0.25) is 5.95 Å². The molecule has 154 valence electrons. The molecular weight excluding hydrogens is 400 g/mol. The van der Waals surface area contributed by atoms with Crippen molar-refractivity contribution < 1.29 is 4.79 Å². The van der Waals surface area contributed by atoms with E-state index in [9.17, 15) is 4.79 Å². The number of nitrogens with one attached hydrogen (secondary N) is 2. The minimum atomic E-state index is -0.395. The summed E-state index contributed by atoms with van der Waals surface area (Å²) in [6.45, 7) is 5.44. The van der Waals surface area contributed by atoms with Crippen LogP contribution in [0.5, 0.6) is 0 Å². The predicted molar refractivity (Wildman–Crippen MR) is 122 cm³/mol. The Morgan fingerprint density at radius 1 is 0.933 bits per heavy atom. The van der Waals surface area contributed by atoms with E-state index in [4.69, 9.17) is 11.6 Å². The summed E-state index contributed by atoms with van der Waals surface area (Å²) in [5.41, 5.74) is 3.33. The van der Waals surface area contributed by atoms with Crippen molar-refractivity contribution in [2.75, 3.05) is 46.6 Å². The highest BCUT2D eigenvalue weighted by molar-refractivity contribution is 6.33. The molecule has 0 radical (unpaired) electrons. The average Bonchev–Trinajstić information content (AvgIpc) is 2.77. The molecule has 7 nitrogen and oxygen atoms in total. The molecule has 0 saturated carbocycles. The Labute approximate surface area is 180 Å². The summed E-state index contributed by atoms with van der Waals surface area (Å²) < 4.78 is 0. The van der Waals surface area contributed by atoms with E-state index in [1.807, 2.05) is 19.1 Å². The number of hydrogen-bond acceptors (Lipinski definition) is 5. The van der Waals surface area contributed by atoms with Crippen molar-refractivity contribution in [3.8, 4) is 0 Å². The Hall–Kier alpha value is -3.32. The van der Waals surface area contributed by atoms with Crippen LogP contribution in [0.2, 0.25) is 5.02 Å². The predicted octanol–water partition coefficient (Wildman–Crippen LogP) is 4.41. The van der Waals surface area contributed by atoms with Crippen molar-refractivity contribution in [3.63, 3.8) is 0 Å². The summed E-state index contributed by atoms with van der Waals surface area (Å²) in [4.78, 5) is 25.6. The molecule has 1 aliphatic heterocycles. The van der Waals surface area contributed by atoms with Gasteiger partial charge in [0.15, 0.2) is 0 Å². The van der Waals surface area contributed by atoms with Gasteiger partial charge in [-0.25, -0.2) is 14.8 Å². The molecule has 1 aliphatic rings. The van der Waals surface area contributed by atoms with Crippen molar-refractivity contribution in [2.45, 2.75) is 6.92 Å². The lowest BCUT2D eigenvalue weighted by Gasteiger charge is -2.36. The molecule has 30 heavy (non-hydrogen) atoms. The number of amides is 2. The Balaban J connectivity index is 1.31. The minimum Gasteiger partial charge on any atom is -0.368 e. The highest BCUT2D eigenvalue weighted by Crippen LogP contribution is 2.23. The summed E-state index contributed by atoms with van der Waals surface area (Å²) in [5.74, 6) is 0.662. The highest BCUT2D eigenvalue weighted by Gasteiger charge is 2.19. The smallest absolute Gasteiger partial charge is 0.323 e. The van der Waals surface area contributed by atoms with Gasteiger partial charge in [-0.2, -0.15) is 0 Å². The van der Waals surface area contributed by atoms with Gasteiger partial charge in [0, 0.05) is 31.9 Å². The summed E-state index contributed by atoms with van der Waals surface area (Å²) >= 11 is 6.16. The lowest BCUT2D eigenvalue weighted by atomic mass is 10.2. The van der Waals surface area contributed by atoms with E-state index in [1.54, 1.807) is 24.5 Å². The van der Waals surface area contributed by atoms with Crippen LogP contribution >= 0.6 is 11.6 Å². The maximum Gasteiger partial charge on any atom is 0.323 e. The second-order valence-electron chi connectivity index (χ2n) is 7.14. The molecule has 2 N–H and O–H groups in total. The second kappa shape index (κ2) is 9.00. The number of aryl methyl sites for hydroxylation is 1. The molecule has 1 aromatic heterocycles. The number of nitrogens with zero attached hydrogens (tertiary/aromatic N) is 4.